The van der Waals surface area contributed by atoms with Crippen molar-refractivity contribution in [1.82, 2.24) is 4.90 Å². The lowest BCUT2D eigenvalue weighted by molar-refractivity contribution is -0.146. The van der Waals surface area contributed by atoms with Crippen LogP contribution in [0.4, 0.5) is 0 Å². The summed E-state index contributed by atoms with van der Waals surface area (Å²) in [6.45, 7) is 4.89. The number of rotatable bonds is 10. The van der Waals surface area contributed by atoms with Crippen LogP contribution in [0.5, 0.6) is 0 Å². The molecule has 152 valence electrons. The molecule has 5 nitrogen and oxygen atoms in total. The van der Waals surface area contributed by atoms with Gasteiger partial charge in [-0.3, -0.25) is 15.0 Å². The second-order valence-corrected chi connectivity index (χ2v) is 7.32. The smallest absolute Gasteiger partial charge is 0.309 e. The minimum Gasteiger partial charge on any atom is -0.469 e. The maximum atomic E-state index is 12.1. The minimum atomic E-state index is -0.140. The molecule has 28 heavy (non-hydrogen) atoms. The normalized spacial score (nSPS) is 16.6. The average Bonchev–Trinajstić information content (AvgIpc) is 3.13. The number of carbonyl (C=O) groups is 2. The fraction of sp³-hybridized carbons (Fsp3) is 0.522. The summed E-state index contributed by atoms with van der Waals surface area (Å²) in [7, 11) is 1.45. The number of aldehydes is 1. The van der Waals surface area contributed by atoms with E-state index in [0.717, 1.165) is 56.9 Å². The van der Waals surface area contributed by atoms with Crippen LogP contribution in [-0.2, 0) is 20.7 Å². The van der Waals surface area contributed by atoms with Crippen molar-refractivity contribution in [2.45, 2.75) is 58.3 Å². The third kappa shape index (κ3) is 5.09. The Morgan fingerprint density at radius 1 is 1.36 bits per heavy atom. The van der Waals surface area contributed by atoms with Crippen molar-refractivity contribution in [2.75, 3.05) is 13.7 Å². The van der Waals surface area contributed by atoms with Gasteiger partial charge in [0.1, 0.15) is 12.1 Å². The highest BCUT2D eigenvalue weighted by Crippen LogP contribution is 2.40. The lowest BCUT2D eigenvalue weighted by Gasteiger charge is -2.23. The number of allylic oxidation sites excluding steroid dienone is 1. The first-order chi connectivity index (χ1) is 13.6. The number of unbranched alkanes of at least 4 members (excludes halogenated alkanes) is 2. The highest BCUT2D eigenvalue weighted by atomic mass is 16.5. The largest absolute Gasteiger partial charge is 0.469 e. The van der Waals surface area contributed by atoms with E-state index >= 15 is 0 Å². The van der Waals surface area contributed by atoms with E-state index in [1.807, 2.05) is 17.9 Å². The first-order valence-corrected chi connectivity index (χ1v) is 10.2. The van der Waals surface area contributed by atoms with Crippen molar-refractivity contribution in [3.63, 3.8) is 0 Å². The maximum Gasteiger partial charge on any atom is 0.309 e. The molecule has 1 aliphatic rings. The van der Waals surface area contributed by atoms with Crippen LogP contribution in [-0.4, -0.2) is 36.6 Å². The van der Waals surface area contributed by atoms with Gasteiger partial charge in [0, 0.05) is 18.3 Å². The SMILES string of the molecule is CCCCCN(/C=C/C=O)C(=N)c1ccc2c(c1)CCC2C(CC)C(=O)OC. The van der Waals surface area contributed by atoms with Crippen LogP contribution in [0.1, 0.15) is 68.6 Å². The molecule has 0 amide bonds. The van der Waals surface area contributed by atoms with Gasteiger partial charge in [-0.25, -0.2) is 0 Å². The first-order valence-electron chi connectivity index (χ1n) is 10.2. The van der Waals surface area contributed by atoms with Crippen molar-refractivity contribution >= 4 is 18.1 Å². The van der Waals surface area contributed by atoms with Crippen molar-refractivity contribution in [1.29, 1.82) is 5.41 Å². The van der Waals surface area contributed by atoms with Gasteiger partial charge in [0.25, 0.3) is 0 Å². The van der Waals surface area contributed by atoms with E-state index in [9.17, 15) is 9.59 Å². The van der Waals surface area contributed by atoms with Gasteiger partial charge >= 0.3 is 5.97 Å². The van der Waals surface area contributed by atoms with Crippen LogP contribution in [0.25, 0.3) is 0 Å². The number of ether oxygens (including phenoxy) is 1. The van der Waals surface area contributed by atoms with Crippen LogP contribution in [0.15, 0.2) is 30.5 Å². The molecule has 0 bridgehead atoms. The van der Waals surface area contributed by atoms with E-state index in [0.29, 0.717) is 5.84 Å². The Kier molecular flexibility index (Phi) is 8.42. The number of esters is 1. The predicted molar refractivity (Wildman–Crippen MR) is 112 cm³/mol. The Morgan fingerprint density at radius 3 is 2.79 bits per heavy atom. The highest BCUT2D eigenvalue weighted by Gasteiger charge is 2.34. The van der Waals surface area contributed by atoms with Crippen LogP contribution in [0.2, 0.25) is 0 Å². The molecule has 5 heteroatoms. The zero-order valence-corrected chi connectivity index (χ0v) is 17.2. The zero-order valence-electron chi connectivity index (χ0n) is 17.2. The molecule has 2 rings (SSSR count). The molecule has 1 aromatic rings. The van der Waals surface area contributed by atoms with Gasteiger partial charge in [0.15, 0.2) is 0 Å². The number of fused-ring (bicyclic) bond motifs is 1. The number of aryl methyl sites for hydroxylation is 1. The van der Waals surface area contributed by atoms with Gasteiger partial charge in [-0.1, -0.05) is 38.8 Å². The van der Waals surface area contributed by atoms with Crippen LogP contribution >= 0.6 is 0 Å². The number of nitrogens with one attached hydrogen (secondary N) is 1. The molecule has 0 aliphatic heterocycles. The van der Waals surface area contributed by atoms with Crippen LogP contribution < -0.4 is 0 Å². The molecule has 0 radical (unpaired) electrons. The maximum absolute atomic E-state index is 12.1. The molecule has 0 aromatic heterocycles. The topological polar surface area (TPSA) is 70.5 Å². The van der Waals surface area contributed by atoms with Gasteiger partial charge in [0.2, 0.25) is 0 Å². The third-order valence-corrected chi connectivity index (χ3v) is 5.60. The molecular formula is C23H32N2O3. The number of nitrogens with zero attached hydrogens (tertiary/aromatic N) is 1. The highest BCUT2D eigenvalue weighted by molar-refractivity contribution is 5.97. The second kappa shape index (κ2) is 10.8. The Morgan fingerprint density at radius 2 is 2.14 bits per heavy atom. The molecular weight excluding hydrogens is 352 g/mol. The quantitative estimate of drug-likeness (QED) is 0.162. The Hall–Kier alpha value is -2.43. The number of hydrogen-bond acceptors (Lipinski definition) is 4. The Labute approximate surface area is 168 Å². The molecule has 1 aromatic carbocycles. The van der Waals surface area contributed by atoms with Gasteiger partial charge < -0.3 is 9.64 Å². The van der Waals surface area contributed by atoms with Gasteiger partial charge in [-0.2, -0.15) is 0 Å². The second-order valence-electron chi connectivity index (χ2n) is 7.32. The molecule has 0 saturated heterocycles. The zero-order chi connectivity index (χ0) is 20.5. The van der Waals surface area contributed by atoms with Gasteiger partial charge in [-0.05, 0) is 54.9 Å². The summed E-state index contributed by atoms with van der Waals surface area (Å²) in [6, 6.07) is 6.10. The fourth-order valence-corrected chi connectivity index (χ4v) is 4.08. The summed E-state index contributed by atoms with van der Waals surface area (Å²) < 4.78 is 4.99. The lowest BCUT2D eigenvalue weighted by atomic mass is 9.85. The Balaban J connectivity index is 2.22. The molecule has 0 spiro atoms. The Bertz CT molecular complexity index is 727. The number of hydrogen-bond donors (Lipinski definition) is 1. The number of methoxy groups -OCH3 is 1. The summed E-state index contributed by atoms with van der Waals surface area (Å²) in [5.41, 5.74) is 3.26. The summed E-state index contributed by atoms with van der Waals surface area (Å²) >= 11 is 0. The molecule has 2 atom stereocenters. The van der Waals surface area contributed by atoms with Crippen LogP contribution in [0, 0.1) is 11.3 Å². The molecule has 2 unspecified atom stereocenters. The van der Waals surface area contributed by atoms with E-state index < -0.39 is 0 Å². The average molecular weight is 385 g/mol. The number of carbonyl (C=O) groups excluding carboxylic acids is 2. The third-order valence-electron chi connectivity index (χ3n) is 5.60. The summed E-state index contributed by atoms with van der Waals surface area (Å²) in [5, 5.41) is 8.62. The summed E-state index contributed by atoms with van der Waals surface area (Å²) in [6.07, 6.45) is 9.65. The molecule has 0 saturated carbocycles. The number of benzene rings is 1. The summed E-state index contributed by atoms with van der Waals surface area (Å²) in [4.78, 5) is 24.7. The minimum absolute atomic E-state index is 0.113. The van der Waals surface area contributed by atoms with Gasteiger partial charge in [0.05, 0.1) is 13.0 Å². The van der Waals surface area contributed by atoms with Crippen molar-refractivity contribution in [3.05, 3.63) is 47.2 Å². The lowest BCUT2D eigenvalue weighted by Crippen LogP contribution is -2.27. The van der Waals surface area contributed by atoms with E-state index in [-0.39, 0.29) is 17.8 Å². The standard InChI is InChI=1S/C23H32N2O3/c1-4-6-7-13-25(14-8-15-26)22(24)18-10-11-20-17(16-18)9-12-21(20)19(5-2)23(27)28-3/h8,10-11,14-16,19,21,24H,4-7,9,12-13H2,1-3H3/b14-8+,24-22?. The molecule has 0 heterocycles. The monoisotopic (exact) mass is 384 g/mol. The van der Waals surface area contributed by atoms with E-state index in [1.165, 1.54) is 24.3 Å². The van der Waals surface area contributed by atoms with Gasteiger partial charge in [-0.15, -0.1) is 0 Å². The van der Waals surface area contributed by atoms with E-state index in [1.54, 1.807) is 6.20 Å². The molecule has 1 aliphatic carbocycles. The molecule has 1 N–H and O–H groups in total. The first kappa shape index (κ1) is 21.9. The van der Waals surface area contributed by atoms with Crippen molar-refractivity contribution in [3.8, 4) is 0 Å². The van der Waals surface area contributed by atoms with E-state index in [2.05, 4.69) is 19.1 Å². The van der Waals surface area contributed by atoms with Crippen LogP contribution in [0.3, 0.4) is 0 Å². The molecule has 0 fully saturated rings. The fourth-order valence-electron chi connectivity index (χ4n) is 4.08. The van der Waals surface area contributed by atoms with Crippen molar-refractivity contribution < 1.29 is 14.3 Å². The predicted octanol–water partition coefficient (Wildman–Crippen LogP) is 4.45. The number of amidine groups is 1. The summed E-state index contributed by atoms with van der Waals surface area (Å²) in [5.74, 6) is 0.336. The van der Waals surface area contributed by atoms with Crippen molar-refractivity contribution in [2.24, 2.45) is 5.92 Å². The van der Waals surface area contributed by atoms with E-state index in [4.69, 9.17) is 10.1 Å².